The van der Waals surface area contributed by atoms with Gasteiger partial charge in [0.1, 0.15) is 5.75 Å². The molecule has 0 spiro atoms. The Labute approximate surface area is 142 Å². The number of fused-ring (bicyclic) bond motifs is 1. The number of rotatable bonds is 2. The van der Waals surface area contributed by atoms with E-state index in [0.717, 1.165) is 28.9 Å². The fourth-order valence-electron chi connectivity index (χ4n) is 2.52. The molecule has 2 aromatic rings. The van der Waals surface area contributed by atoms with Crippen molar-refractivity contribution in [1.82, 2.24) is 0 Å². The number of nitrogens with two attached hydrogens (primary N) is 1. The molecule has 0 saturated carbocycles. The van der Waals surface area contributed by atoms with Crippen LogP contribution in [0.25, 0.3) is 11.1 Å². The van der Waals surface area contributed by atoms with Gasteiger partial charge in [-0.1, -0.05) is 46.4 Å². The molecule has 0 aromatic heterocycles. The molecule has 6 heteroatoms. The van der Waals surface area contributed by atoms with Crippen LogP contribution < -0.4 is 10.5 Å². The number of benzene rings is 2. The van der Waals surface area contributed by atoms with Crippen molar-refractivity contribution in [2.24, 2.45) is 5.73 Å². The van der Waals surface area contributed by atoms with E-state index in [1.807, 2.05) is 12.1 Å². The minimum atomic E-state index is 0.295. The second-order valence-corrected chi connectivity index (χ2v) is 6.34. The van der Waals surface area contributed by atoms with E-state index in [1.54, 1.807) is 6.07 Å². The van der Waals surface area contributed by atoms with Crippen molar-refractivity contribution < 1.29 is 4.74 Å². The summed E-state index contributed by atoms with van der Waals surface area (Å²) in [5.74, 6) is 0.869. The van der Waals surface area contributed by atoms with Crippen LogP contribution in [-0.2, 0) is 13.0 Å². The first-order valence-electron chi connectivity index (χ1n) is 6.35. The highest BCUT2D eigenvalue weighted by molar-refractivity contribution is 6.51. The van der Waals surface area contributed by atoms with E-state index in [1.165, 1.54) is 0 Å². The molecule has 2 aromatic carbocycles. The molecule has 0 radical (unpaired) electrons. The van der Waals surface area contributed by atoms with Crippen LogP contribution in [0.2, 0.25) is 20.1 Å². The molecule has 0 saturated heterocycles. The Kier molecular flexibility index (Phi) is 4.26. The topological polar surface area (TPSA) is 35.2 Å². The van der Waals surface area contributed by atoms with Gasteiger partial charge < -0.3 is 10.5 Å². The highest BCUT2D eigenvalue weighted by Gasteiger charge is 2.21. The van der Waals surface area contributed by atoms with Crippen LogP contribution in [0.15, 0.2) is 18.2 Å². The van der Waals surface area contributed by atoms with Crippen LogP contribution in [0, 0.1) is 0 Å². The van der Waals surface area contributed by atoms with E-state index < -0.39 is 0 Å². The normalized spacial score (nSPS) is 13.2. The molecule has 0 fully saturated rings. The Morgan fingerprint density at radius 2 is 1.76 bits per heavy atom. The minimum Gasteiger partial charge on any atom is -0.493 e. The predicted octanol–water partition coefficient (Wildman–Crippen LogP) is 5.36. The smallest absolute Gasteiger partial charge is 0.127 e. The maximum Gasteiger partial charge on any atom is 0.127 e. The van der Waals surface area contributed by atoms with Gasteiger partial charge in [-0.3, -0.25) is 0 Å². The fourth-order valence-corrected chi connectivity index (χ4v) is 3.65. The Hall–Kier alpha value is -0.640. The van der Waals surface area contributed by atoms with Gasteiger partial charge in [0.05, 0.1) is 26.7 Å². The van der Waals surface area contributed by atoms with Crippen molar-refractivity contribution in [1.29, 1.82) is 0 Å². The molecule has 3 rings (SSSR count). The maximum absolute atomic E-state index is 6.32. The van der Waals surface area contributed by atoms with Crippen LogP contribution in [0.1, 0.15) is 11.1 Å². The number of halogens is 4. The third-order valence-electron chi connectivity index (χ3n) is 3.48. The highest BCUT2D eigenvalue weighted by Crippen LogP contribution is 2.45. The highest BCUT2D eigenvalue weighted by atomic mass is 35.5. The first kappa shape index (κ1) is 15.3. The lowest BCUT2D eigenvalue weighted by atomic mass is 9.98. The molecular formula is C15H11Cl4NO. The number of hydrogen-bond acceptors (Lipinski definition) is 2. The first-order chi connectivity index (χ1) is 10.0. The molecule has 2 N–H and O–H groups in total. The molecule has 1 heterocycles. The first-order valence-corrected chi connectivity index (χ1v) is 7.86. The zero-order valence-corrected chi connectivity index (χ0v) is 13.9. The van der Waals surface area contributed by atoms with Gasteiger partial charge in [-0.25, -0.2) is 0 Å². The fraction of sp³-hybridized carbons (Fsp3) is 0.200. The summed E-state index contributed by atoms with van der Waals surface area (Å²) in [5, 5.41) is 1.43. The van der Waals surface area contributed by atoms with Crippen LogP contribution in [0.3, 0.4) is 0 Å². The van der Waals surface area contributed by atoms with E-state index in [4.69, 9.17) is 56.9 Å². The molecule has 0 aliphatic carbocycles. The maximum atomic E-state index is 6.32. The SMILES string of the molecule is NCc1cc(-c2c(Cl)cc(Cl)c(Cl)c2Cl)cc2c1OCC2. The van der Waals surface area contributed by atoms with Gasteiger partial charge in [-0.05, 0) is 29.3 Å². The molecule has 110 valence electrons. The number of ether oxygens (including phenoxy) is 1. The van der Waals surface area contributed by atoms with Crippen LogP contribution >= 0.6 is 46.4 Å². The molecule has 0 bridgehead atoms. The monoisotopic (exact) mass is 361 g/mol. The molecule has 0 atom stereocenters. The van der Waals surface area contributed by atoms with Gasteiger partial charge in [0, 0.05) is 24.1 Å². The summed E-state index contributed by atoms with van der Waals surface area (Å²) in [4.78, 5) is 0. The molecule has 21 heavy (non-hydrogen) atoms. The lowest BCUT2D eigenvalue weighted by Crippen LogP contribution is -2.00. The average Bonchev–Trinajstić information content (AvgIpc) is 2.92. The molecule has 2 nitrogen and oxygen atoms in total. The Balaban J connectivity index is 2.25. The Morgan fingerprint density at radius 3 is 2.48 bits per heavy atom. The second kappa shape index (κ2) is 5.86. The molecule has 0 unspecified atom stereocenters. The summed E-state index contributed by atoms with van der Waals surface area (Å²) in [7, 11) is 0. The zero-order valence-electron chi connectivity index (χ0n) is 10.9. The summed E-state index contributed by atoms with van der Waals surface area (Å²) in [5.41, 5.74) is 9.37. The largest absolute Gasteiger partial charge is 0.493 e. The van der Waals surface area contributed by atoms with E-state index in [9.17, 15) is 0 Å². The van der Waals surface area contributed by atoms with E-state index in [0.29, 0.717) is 38.8 Å². The van der Waals surface area contributed by atoms with Gasteiger partial charge in [0.25, 0.3) is 0 Å². The van der Waals surface area contributed by atoms with Crippen molar-refractivity contribution in [3.8, 4) is 16.9 Å². The van der Waals surface area contributed by atoms with Crippen LogP contribution in [0.5, 0.6) is 5.75 Å². The lowest BCUT2D eigenvalue weighted by Gasteiger charge is -2.14. The molecule has 1 aliphatic heterocycles. The van der Waals surface area contributed by atoms with Crippen LogP contribution in [0.4, 0.5) is 0 Å². The van der Waals surface area contributed by atoms with Crippen molar-refractivity contribution in [2.75, 3.05) is 6.61 Å². The van der Waals surface area contributed by atoms with Crippen molar-refractivity contribution in [3.63, 3.8) is 0 Å². The van der Waals surface area contributed by atoms with Crippen molar-refractivity contribution >= 4 is 46.4 Å². The summed E-state index contributed by atoms with van der Waals surface area (Å²) in [6.45, 7) is 1.04. The van der Waals surface area contributed by atoms with E-state index in [2.05, 4.69) is 0 Å². The average molecular weight is 363 g/mol. The standard InChI is InChI=1S/C15H11Cl4NO/c16-10-5-11(17)13(18)14(19)12(10)8-3-7-1-2-21-15(7)9(4-8)6-20/h3-5H,1-2,6,20H2. The second-order valence-electron chi connectivity index (χ2n) is 4.77. The van der Waals surface area contributed by atoms with Crippen LogP contribution in [-0.4, -0.2) is 6.61 Å². The van der Waals surface area contributed by atoms with E-state index >= 15 is 0 Å². The number of hydrogen-bond donors (Lipinski definition) is 1. The molecular weight excluding hydrogens is 352 g/mol. The molecule has 0 amide bonds. The summed E-state index contributed by atoms with van der Waals surface area (Å²) in [6.07, 6.45) is 0.840. The van der Waals surface area contributed by atoms with E-state index in [-0.39, 0.29) is 0 Å². The summed E-state index contributed by atoms with van der Waals surface area (Å²) < 4.78 is 5.62. The lowest BCUT2D eigenvalue weighted by molar-refractivity contribution is 0.353. The summed E-state index contributed by atoms with van der Waals surface area (Å²) >= 11 is 24.7. The van der Waals surface area contributed by atoms with Gasteiger partial charge in [0.2, 0.25) is 0 Å². The zero-order chi connectivity index (χ0) is 15.1. The minimum absolute atomic E-state index is 0.295. The third-order valence-corrected chi connectivity index (χ3v) is 5.04. The van der Waals surface area contributed by atoms with Gasteiger partial charge in [0.15, 0.2) is 0 Å². The summed E-state index contributed by atoms with van der Waals surface area (Å²) in [6, 6.07) is 5.54. The molecule has 1 aliphatic rings. The van der Waals surface area contributed by atoms with Gasteiger partial charge in [-0.2, -0.15) is 0 Å². The predicted molar refractivity (Wildman–Crippen MR) is 89.0 cm³/mol. The van der Waals surface area contributed by atoms with Gasteiger partial charge in [-0.15, -0.1) is 0 Å². The van der Waals surface area contributed by atoms with Crippen molar-refractivity contribution in [2.45, 2.75) is 13.0 Å². The van der Waals surface area contributed by atoms with Crippen molar-refractivity contribution in [3.05, 3.63) is 49.4 Å². The third kappa shape index (κ3) is 2.60. The Bertz CT molecular complexity index is 730. The Morgan fingerprint density at radius 1 is 1.00 bits per heavy atom. The quantitative estimate of drug-likeness (QED) is 0.576. The van der Waals surface area contributed by atoms with Gasteiger partial charge >= 0.3 is 0 Å².